The summed E-state index contributed by atoms with van der Waals surface area (Å²) in [5.41, 5.74) is -0.474. The average Bonchev–Trinajstić information content (AvgIpc) is 3.37. The van der Waals surface area contributed by atoms with Crippen LogP contribution in [0.5, 0.6) is 0 Å². The van der Waals surface area contributed by atoms with E-state index in [1.807, 2.05) is 25.7 Å². The Morgan fingerprint density at radius 1 is 1.24 bits per heavy atom. The minimum atomic E-state index is -0.474. The SMILES string of the molecule is CCNC(=NCCN(C(=O)OC(C)(C)C)C1CC1)N1CCC(COCCOC)C1. The molecule has 1 saturated carbocycles. The van der Waals surface area contributed by atoms with E-state index >= 15 is 0 Å². The fourth-order valence-corrected chi connectivity index (χ4v) is 3.37. The third kappa shape index (κ3) is 8.78. The number of ether oxygens (including phenoxy) is 3. The number of carbonyl (C=O) groups excluding carboxylic acids is 1. The first-order valence-corrected chi connectivity index (χ1v) is 10.9. The standard InChI is InChI=1S/C21H40N4O4/c1-6-22-19(24-11-9-17(15-24)16-28-14-13-27-5)23-10-12-25(18-7-8-18)20(26)29-21(2,3)4/h17-18H,6-16H2,1-5H3,(H,22,23). The molecule has 2 rings (SSSR count). The maximum Gasteiger partial charge on any atom is 0.410 e. The van der Waals surface area contributed by atoms with Gasteiger partial charge >= 0.3 is 6.09 Å². The van der Waals surface area contributed by atoms with Gasteiger partial charge in [-0.25, -0.2) is 4.79 Å². The van der Waals surface area contributed by atoms with Crippen LogP contribution in [0.4, 0.5) is 4.79 Å². The van der Waals surface area contributed by atoms with Crippen molar-refractivity contribution in [3.8, 4) is 0 Å². The number of guanidine groups is 1. The average molecular weight is 413 g/mol. The molecule has 1 unspecified atom stereocenters. The molecule has 0 spiro atoms. The predicted octanol–water partition coefficient (Wildman–Crippen LogP) is 2.34. The highest BCUT2D eigenvalue weighted by atomic mass is 16.6. The summed E-state index contributed by atoms with van der Waals surface area (Å²) < 4.78 is 16.3. The zero-order chi connectivity index (χ0) is 21.3. The van der Waals surface area contributed by atoms with Gasteiger partial charge in [-0.2, -0.15) is 0 Å². The molecule has 0 bridgehead atoms. The van der Waals surface area contributed by atoms with E-state index in [1.165, 1.54) is 0 Å². The molecule has 0 aromatic rings. The molecule has 1 aliphatic carbocycles. The lowest BCUT2D eigenvalue weighted by Crippen LogP contribution is -2.42. The number of aliphatic imine (C=N–C) groups is 1. The van der Waals surface area contributed by atoms with Crippen LogP contribution in [-0.4, -0.2) is 93.1 Å². The van der Waals surface area contributed by atoms with Gasteiger partial charge in [-0.3, -0.25) is 4.99 Å². The van der Waals surface area contributed by atoms with E-state index in [-0.39, 0.29) is 6.09 Å². The topological polar surface area (TPSA) is 75.6 Å². The van der Waals surface area contributed by atoms with Crippen LogP contribution in [0.15, 0.2) is 4.99 Å². The molecule has 1 heterocycles. The molecule has 1 aliphatic heterocycles. The maximum atomic E-state index is 12.5. The van der Waals surface area contributed by atoms with Gasteiger partial charge in [-0.15, -0.1) is 0 Å². The van der Waals surface area contributed by atoms with E-state index in [0.29, 0.717) is 38.3 Å². The van der Waals surface area contributed by atoms with Crippen LogP contribution in [0.1, 0.15) is 47.0 Å². The number of nitrogens with zero attached hydrogens (tertiary/aromatic N) is 3. The summed E-state index contributed by atoms with van der Waals surface area (Å²) in [7, 11) is 1.69. The maximum absolute atomic E-state index is 12.5. The van der Waals surface area contributed by atoms with E-state index in [0.717, 1.165) is 51.5 Å². The van der Waals surface area contributed by atoms with E-state index < -0.39 is 5.60 Å². The van der Waals surface area contributed by atoms with Crippen LogP contribution < -0.4 is 5.32 Å². The summed E-state index contributed by atoms with van der Waals surface area (Å²) in [6, 6.07) is 0.308. The highest BCUT2D eigenvalue weighted by molar-refractivity contribution is 5.80. The summed E-state index contributed by atoms with van der Waals surface area (Å²) in [5, 5.41) is 3.39. The highest BCUT2D eigenvalue weighted by Crippen LogP contribution is 2.28. The van der Waals surface area contributed by atoms with Crippen molar-refractivity contribution < 1.29 is 19.0 Å². The summed E-state index contributed by atoms with van der Waals surface area (Å²) in [6.45, 7) is 13.7. The zero-order valence-corrected chi connectivity index (χ0v) is 18.9. The van der Waals surface area contributed by atoms with E-state index in [4.69, 9.17) is 19.2 Å². The van der Waals surface area contributed by atoms with Crippen molar-refractivity contribution in [2.45, 2.75) is 58.6 Å². The van der Waals surface area contributed by atoms with Crippen LogP contribution in [0.2, 0.25) is 0 Å². The second-order valence-electron chi connectivity index (χ2n) is 8.81. The van der Waals surface area contributed by atoms with E-state index in [1.54, 1.807) is 7.11 Å². The normalized spacial score (nSPS) is 20.1. The molecule has 29 heavy (non-hydrogen) atoms. The van der Waals surface area contributed by atoms with E-state index in [2.05, 4.69) is 17.1 Å². The second kappa shape index (κ2) is 11.6. The van der Waals surface area contributed by atoms with Crippen LogP contribution in [-0.2, 0) is 14.2 Å². The first-order chi connectivity index (χ1) is 13.8. The minimum Gasteiger partial charge on any atom is -0.444 e. The van der Waals surface area contributed by atoms with Crippen LogP contribution in [0.25, 0.3) is 0 Å². The zero-order valence-electron chi connectivity index (χ0n) is 18.9. The smallest absolute Gasteiger partial charge is 0.410 e. The fraction of sp³-hybridized carbons (Fsp3) is 0.905. The number of carbonyl (C=O) groups is 1. The van der Waals surface area contributed by atoms with Crippen LogP contribution in [0.3, 0.4) is 0 Å². The Kier molecular flexibility index (Phi) is 9.49. The molecule has 2 fully saturated rings. The van der Waals surface area contributed by atoms with Gasteiger partial charge in [0.15, 0.2) is 5.96 Å². The number of rotatable bonds is 10. The monoisotopic (exact) mass is 412 g/mol. The van der Waals surface area contributed by atoms with Gasteiger partial charge in [0.1, 0.15) is 5.60 Å². The van der Waals surface area contributed by atoms with Crippen molar-refractivity contribution in [3.63, 3.8) is 0 Å². The van der Waals surface area contributed by atoms with Gasteiger partial charge in [0.25, 0.3) is 0 Å². The second-order valence-corrected chi connectivity index (χ2v) is 8.81. The van der Waals surface area contributed by atoms with Gasteiger partial charge in [-0.1, -0.05) is 0 Å². The fourth-order valence-electron chi connectivity index (χ4n) is 3.37. The van der Waals surface area contributed by atoms with Gasteiger partial charge < -0.3 is 29.3 Å². The quantitative estimate of drug-likeness (QED) is 0.337. The molecule has 8 nitrogen and oxygen atoms in total. The number of methoxy groups -OCH3 is 1. The van der Waals surface area contributed by atoms with Crippen LogP contribution in [0, 0.1) is 5.92 Å². The van der Waals surface area contributed by atoms with Crippen molar-refractivity contribution in [1.82, 2.24) is 15.1 Å². The third-order valence-corrected chi connectivity index (χ3v) is 4.92. The summed E-state index contributed by atoms with van der Waals surface area (Å²) in [6.07, 6.45) is 2.98. The Hall–Kier alpha value is -1.54. The van der Waals surface area contributed by atoms with Crippen molar-refractivity contribution >= 4 is 12.1 Å². The molecule has 2 aliphatic rings. The molecular weight excluding hydrogens is 372 g/mol. The molecule has 0 aromatic heterocycles. The Labute approximate surface area is 175 Å². The molecule has 8 heteroatoms. The van der Waals surface area contributed by atoms with Crippen molar-refractivity contribution in [2.75, 3.05) is 59.7 Å². The Balaban J connectivity index is 1.84. The number of amides is 1. The van der Waals surface area contributed by atoms with Crippen LogP contribution >= 0.6 is 0 Å². The summed E-state index contributed by atoms with van der Waals surface area (Å²) in [5.74, 6) is 1.44. The number of likely N-dealkylation sites (tertiary alicyclic amines) is 1. The Bertz CT molecular complexity index is 531. The molecule has 1 atom stereocenters. The number of hydrogen-bond acceptors (Lipinski definition) is 5. The minimum absolute atomic E-state index is 0.227. The molecule has 0 aromatic carbocycles. The third-order valence-electron chi connectivity index (χ3n) is 4.92. The van der Waals surface area contributed by atoms with Gasteiger partial charge in [-0.05, 0) is 47.0 Å². The summed E-state index contributed by atoms with van der Waals surface area (Å²) >= 11 is 0. The highest BCUT2D eigenvalue weighted by Gasteiger charge is 2.35. The first-order valence-electron chi connectivity index (χ1n) is 10.9. The molecule has 1 amide bonds. The number of hydrogen-bond donors (Lipinski definition) is 1. The number of nitrogens with one attached hydrogen (secondary N) is 1. The van der Waals surface area contributed by atoms with Gasteiger partial charge in [0.2, 0.25) is 0 Å². The molecular formula is C21H40N4O4. The van der Waals surface area contributed by atoms with Gasteiger partial charge in [0, 0.05) is 45.2 Å². The van der Waals surface area contributed by atoms with Crippen molar-refractivity contribution in [1.29, 1.82) is 0 Å². The van der Waals surface area contributed by atoms with Crippen molar-refractivity contribution in [2.24, 2.45) is 10.9 Å². The molecule has 1 N–H and O–H groups in total. The Morgan fingerprint density at radius 2 is 2.00 bits per heavy atom. The lowest BCUT2D eigenvalue weighted by atomic mass is 10.1. The van der Waals surface area contributed by atoms with E-state index in [9.17, 15) is 4.79 Å². The Morgan fingerprint density at radius 3 is 2.62 bits per heavy atom. The molecule has 0 radical (unpaired) electrons. The lowest BCUT2D eigenvalue weighted by Gasteiger charge is -2.27. The largest absolute Gasteiger partial charge is 0.444 e. The molecule has 1 saturated heterocycles. The predicted molar refractivity (Wildman–Crippen MR) is 114 cm³/mol. The lowest BCUT2D eigenvalue weighted by molar-refractivity contribution is 0.0240. The molecule has 168 valence electrons. The first kappa shape index (κ1) is 23.7. The van der Waals surface area contributed by atoms with Gasteiger partial charge in [0.05, 0.1) is 26.4 Å². The van der Waals surface area contributed by atoms with Crippen molar-refractivity contribution in [3.05, 3.63) is 0 Å². The summed E-state index contributed by atoms with van der Waals surface area (Å²) in [4.78, 5) is 21.4.